The zero-order valence-electron chi connectivity index (χ0n) is 12.8. The van der Waals surface area contributed by atoms with E-state index < -0.39 is 10.0 Å². The lowest BCUT2D eigenvalue weighted by Gasteiger charge is -2.08. The van der Waals surface area contributed by atoms with Crippen LogP contribution in [0, 0.1) is 0 Å². The van der Waals surface area contributed by atoms with Crippen LogP contribution in [0.2, 0.25) is 0 Å². The van der Waals surface area contributed by atoms with E-state index in [1.54, 1.807) is 35.1 Å². The number of hydrogen-bond acceptors (Lipinski definition) is 3. The molecule has 0 aliphatic heterocycles. The Morgan fingerprint density at radius 1 is 1.08 bits per heavy atom. The minimum atomic E-state index is -3.49. The van der Waals surface area contributed by atoms with E-state index in [-0.39, 0.29) is 4.90 Å². The average molecular weight is 406 g/mol. The highest BCUT2D eigenvalue weighted by Gasteiger charge is 2.13. The molecule has 7 heteroatoms. The van der Waals surface area contributed by atoms with Crippen molar-refractivity contribution in [1.29, 1.82) is 0 Å². The largest absolute Gasteiger partial charge is 0.241 e. The molecule has 0 bridgehead atoms. The lowest BCUT2D eigenvalue weighted by atomic mass is 10.1. The van der Waals surface area contributed by atoms with Crippen molar-refractivity contribution in [2.24, 2.45) is 0 Å². The highest BCUT2D eigenvalue weighted by Crippen LogP contribution is 2.16. The van der Waals surface area contributed by atoms with Gasteiger partial charge in [-0.25, -0.2) is 17.8 Å². The number of nitrogens with zero attached hydrogens (tertiary/aromatic N) is 2. The van der Waals surface area contributed by atoms with E-state index >= 15 is 0 Å². The Morgan fingerprint density at radius 2 is 1.88 bits per heavy atom. The van der Waals surface area contributed by atoms with Crippen molar-refractivity contribution >= 4 is 26.0 Å². The zero-order chi connectivity index (χ0) is 17.0. The van der Waals surface area contributed by atoms with Gasteiger partial charge < -0.3 is 0 Å². The lowest BCUT2D eigenvalue weighted by Crippen LogP contribution is -2.26. The molecule has 0 amide bonds. The van der Waals surface area contributed by atoms with E-state index in [1.807, 2.05) is 36.5 Å². The maximum atomic E-state index is 12.2. The van der Waals surface area contributed by atoms with Gasteiger partial charge in [-0.05, 0) is 48.4 Å². The van der Waals surface area contributed by atoms with Crippen molar-refractivity contribution in [2.45, 2.75) is 11.3 Å². The summed E-state index contributed by atoms with van der Waals surface area (Å²) in [6.07, 6.45) is 4.22. The van der Waals surface area contributed by atoms with Crippen LogP contribution >= 0.6 is 15.9 Å². The molecule has 1 aromatic heterocycles. The van der Waals surface area contributed by atoms with Crippen molar-refractivity contribution in [1.82, 2.24) is 14.5 Å². The number of benzene rings is 2. The van der Waals surface area contributed by atoms with E-state index in [4.69, 9.17) is 0 Å². The highest BCUT2D eigenvalue weighted by molar-refractivity contribution is 9.10. The van der Waals surface area contributed by atoms with E-state index in [0.29, 0.717) is 13.0 Å². The van der Waals surface area contributed by atoms with Crippen molar-refractivity contribution in [3.8, 4) is 5.69 Å². The summed E-state index contributed by atoms with van der Waals surface area (Å²) < 4.78 is 29.6. The molecule has 0 saturated carbocycles. The van der Waals surface area contributed by atoms with Gasteiger partial charge in [0.1, 0.15) is 0 Å². The van der Waals surface area contributed by atoms with E-state index in [2.05, 4.69) is 25.8 Å². The molecule has 5 nitrogen and oxygen atoms in total. The molecule has 3 aromatic rings. The monoisotopic (exact) mass is 405 g/mol. The molecule has 0 spiro atoms. The molecular formula is C17H16BrN3O2S. The quantitative estimate of drug-likeness (QED) is 0.684. The molecule has 24 heavy (non-hydrogen) atoms. The SMILES string of the molecule is O=S(=O)(NCCc1ccc(-n2cccn2)cc1)c1cccc(Br)c1. The third-order valence-electron chi connectivity index (χ3n) is 3.52. The molecule has 0 aliphatic carbocycles. The predicted octanol–water partition coefficient (Wildman–Crippen LogP) is 3.16. The summed E-state index contributed by atoms with van der Waals surface area (Å²) in [6.45, 7) is 0.343. The molecular weight excluding hydrogens is 390 g/mol. The summed E-state index contributed by atoms with van der Waals surface area (Å²) in [5.41, 5.74) is 2.03. The Morgan fingerprint density at radius 3 is 2.54 bits per heavy atom. The first-order valence-corrected chi connectivity index (χ1v) is 9.66. The van der Waals surface area contributed by atoms with Gasteiger partial charge in [-0.1, -0.05) is 34.1 Å². The second-order valence-electron chi connectivity index (χ2n) is 5.22. The molecule has 124 valence electrons. The van der Waals surface area contributed by atoms with Gasteiger partial charge >= 0.3 is 0 Å². The molecule has 1 N–H and O–H groups in total. The van der Waals surface area contributed by atoms with Crippen LogP contribution in [-0.2, 0) is 16.4 Å². The van der Waals surface area contributed by atoms with Gasteiger partial charge in [-0.3, -0.25) is 0 Å². The fraction of sp³-hybridized carbons (Fsp3) is 0.118. The Hall–Kier alpha value is -1.96. The summed E-state index contributed by atoms with van der Waals surface area (Å²) in [4.78, 5) is 0.255. The smallest absolute Gasteiger partial charge is 0.240 e. The minimum absolute atomic E-state index is 0.255. The van der Waals surface area contributed by atoms with Gasteiger partial charge in [-0.15, -0.1) is 0 Å². The number of sulfonamides is 1. The standard InChI is InChI=1S/C17H16BrN3O2S/c18-15-3-1-4-17(13-15)24(22,23)20-11-9-14-5-7-16(8-6-14)21-12-2-10-19-21/h1-8,10,12-13,20H,9,11H2. The van der Waals surface area contributed by atoms with Gasteiger partial charge in [0.05, 0.1) is 10.6 Å². The number of aromatic nitrogens is 2. The summed E-state index contributed by atoms with van der Waals surface area (Å²) in [6, 6.07) is 16.4. The van der Waals surface area contributed by atoms with Crippen molar-refractivity contribution in [3.63, 3.8) is 0 Å². The molecule has 3 rings (SSSR count). The van der Waals surface area contributed by atoms with Crippen molar-refractivity contribution in [2.75, 3.05) is 6.54 Å². The van der Waals surface area contributed by atoms with E-state index in [9.17, 15) is 8.42 Å². The Bertz CT molecular complexity index is 907. The predicted molar refractivity (Wildman–Crippen MR) is 96.6 cm³/mol. The maximum Gasteiger partial charge on any atom is 0.240 e. The van der Waals surface area contributed by atoms with Crippen LogP contribution in [0.4, 0.5) is 0 Å². The minimum Gasteiger partial charge on any atom is -0.241 e. The second kappa shape index (κ2) is 7.29. The van der Waals surface area contributed by atoms with E-state index in [1.165, 1.54) is 0 Å². The van der Waals surface area contributed by atoms with Crippen molar-refractivity contribution < 1.29 is 8.42 Å². The molecule has 2 aromatic carbocycles. The van der Waals surface area contributed by atoms with Crippen LogP contribution in [0.1, 0.15) is 5.56 Å². The maximum absolute atomic E-state index is 12.2. The van der Waals surface area contributed by atoms with Crippen LogP contribution in [-0.4, -0.2) is 24.7 Å². The Kier molecular flexibility index (Phi) is 5.13. The summed E-state index contributed by atoms with van der Waals surface area (Å²) in [5.74, 6) is 0. The van der Waals surface area contributed by atoms with Crippen LogP contribution in [0.15, 0.2) is 76.4 Å². The molecule has 0 atom stereocenters. The first kappa shape index (κ1) is 16.9. The number of hydrogen-bond donors (Lipinski definition) is 1. The first-order chi connectivity index (χ1) is 11.5. The first-order valence-electron chi connectivity index (χ1n) is 7.39. The lowest BCUT2D eigenvalue weighted by molar-refractivity contribution is 0.581. The van der Waals surface area contributed by atoms with Gasteiger partial charge in [-0.2, -0.15) is 5.10 Å². The Balaban J connectivity index is 1.60. The van der Waals surface area contributed by atoms with Crippen LogP contribution in [0.5, 0.6) is 0 Å². The molecule has 1 heterocycles. The van der Waals surface area contributed by atoms with Gasteiger partial charge in [0.25, 0.3) is 0 Å². The normalized spacial score (nSPS) is 11.5. The van der Waals surface area contributed by atoms with Gasteiger partial charge in [0, 0.05) is 23.4 Å². The second-order valence-corrected chi connectivity index (χ2v) is 7.90. The zero-order valence-corrected chi connectivity index (χ0v) is 15.2. The van der Waals surface area contributed by atoms with Crippen LogP contribution < -0.4 is 4.72 Å². The van der Waals surface area contributed by atoms with Crippen LogP contribution in [0.25, 0.3) is 5.69 Å². The number of nitrogens with one attached hydrogen (secondary N) is 1. The van der Waals surface area contributed by atoms with Gasteiger partial charge in [0.2, 0.25) is 10.0 Å². The molecule has 0 fully saturated rings. The topological polar surface area (TPSA) is 64.0 Å². The Labute approximate surface area is 149 Å². The molecule has 0 saturated heterocycles. The highest BCUT2D eigenvalue weighted by atomic mass is 79.9. The fourth-order valence-corrected chi connectivity index (χ4v) is 3.91. The molecule has 0 aliphatic rings. The molecule has 0 unspecified atom stereocenters. The summed E-state index contributed by atoms with van der Waals surface area (Å²) in [7, 11) is -3.49. The third-order valence-corrected chi connectivity index (χ3v) is 5.47. The summed E-state index contributed by atoms with van der Waals surface area (Å²) in [5, 5.41) is 4.17. The average Bonchev–Trinajstić information content (AvgIpc) is 3.10. The van der Waals surface area contributed by atoms with Crippen molar-refractivity contribution in [3.05, 3.63) is 77.0 Å². The van der Waals surface area contributed by atoms with Crippen LogP contribution in [0.3, 0.4) is 0 Å². The summed E-state index contributed by atoms with van der Waals surface area (Å²) >= 11 is 3.28. The third kappa shape index (κ3) is 4.11. The van der Waals surface area contributed by atoms with E-state index in [0.717, 1.165) is 15.7 Å². The van der Waals surface area contributed by atoms with Gasteiger partial charge in [0.15, 0.2) is 0 Å². The number of rotatable bonds is 6. The number of halogens is 1. The fourth-order valence-electron chi connectivity index (χ4n) is 2.28. The molecule has 0 radical (unpaired) electrons.